The summed E-state index contributed by atoms with van der Waals surface area (Å²) in [4.78, 5) is 19.6. The van der Waals surface area contributed by atoms with Crippen LogP contribution >= 0.6 is 0 Å². The molecule has 7 heteroatoms. The van der Waals surface area contributed by atoms with Crippen molar-refractivity contribution in [2.45, 2.75) is 25.4 Å². The van der Waals surface area contributed by atoms with Gasteiger partial charge in [0.15, 0.2) is 11.5 Å². The van der Waals surface area contributed by atoms with Crippen LogP contribution in [0.5, 0.6) is 17.2 Å². The van der Waals surface area contributed by atoms with Crippen molar-refractivity contribution in [3.63, 3.8) is 0 Å². The summed E-state index contributed by atoms with van der Waals surface area (Å²) in [7, 11) is 4.63. The number of methoxy groups -OCH3 is 3. The molecule has 0 spiro atoms. The molecule has 2 aromatic rings. The first-order valence-corrected chi connectivity index (χ1v) is 9.37. The predicted molar refractivity (Wildman–Crippen MR) is 106 cm³/mol. The molecule has 1 N–H and O–H groups in total. The zero-order chi connectivity index (χ0) is 19.9. The quantitative estimate of drug-likeness (QED) is 0.790. The average molecular weight is 385 g/mol. The standard InChI is InChI=1S/C21H27N3O4/c1-26-18-13-20(28-3)19(27-2)12-17(18)21(25)23-15-7-10-24(11-8-15)14-16-6-4-5-9-22-16/h4-6,9,12-13,15H,7-8,10-11,14H2,1-3H3,(H,23,25). The van der Waals surface area contributed by atoms with Crippen LogP contribution in [0.3, 0.4) is 0 Å². The minimum atomic E-state index is -0.166. The Balaban J connectivity index is 1.60. The van der Waals surface area contributed by atoms with E-state index in [1.165, 1.54) is 7.11 Å². The van der Waals surface area contributed by atoms with Gasteiger partial charge in [0.1, 0.15) is 5.75 Å². The molecule has 0 radical (unpaired) electrons. The van der Waals surface area contributed by atoms with E-state index in [2.05, 4.69) is 15.2 Å². The number of nitrogens with zero attached hydrogens (tertiary/aromatic N) is 2. The summed E-state index contributed by atoms with van der Waals surface area (Å²) in [5.41, 5.74) is 1.51. The predicted octanol–water partition coefficient (Wildman–Crippen LogP) is 2.50. The molecule has 3 rings (SSSR count). The summed E-state index contributed by atoms with van der Waals surface area (Å²) in [6.07, 6.45) is 3.61. The van der Waals surface area contributed by atoms with Gasteiger partial charge in [0, 0.05) is 44.0 Å². The minimum Gasteiger partial charge on any atom is -0.496 e. The highest BCUT2D eigenvalue weighted by atomic mass is 16.5. The Morgan fingerprint density at radius 1 is 1.07 bits per heavy atom. The molecule has 7 nitrogen and oxygen atoms in total. The number of rotatable bonds is 7. The van der Waals surface area contributed by atoms with E-state index in [-0.39, 0.29) is 11.9 Å². The zero-order valence-corrected chi connectivity index (χ0v) is 16.6. The van der Waals surface area contributed by atoms with Crippen molar-refractivity contribution in [2.24, 2.45) is 0 Å². The fraction of sp³-hybridized carbons (Fsp3) is 0.429. The minimum absolute atomic E-state index is 0.130. The van der Waals surface area contributed by atoms with Gasteiger partial charge < -0.3 is 19.5 Å². The number of hydrogen-bond acceptors (Lipinski definition) is 6. The number of likely N-dealkylation sites (tertiary alicyclic amines) is 1. The van der Waals surface area contributed by atoms with E-state index in [1.54, 1.807) is 26.4 Å². The Bertz CT molecular complexity index is 790. The van der Waals surface area contributed by atoms with Gasteiger partial charge in [0.25, 0.3) is 5.91 Å². The first-order valence-electron chi connectivity index (χ1n) is 9.37. The van der Waals surface area contributed by atoms with Crippen molar-refractivity contribution in [1.29, 1.82) is 0 Å². The molecule has 1 amide bonds. The maximum Gasteiger partial charge on any atom is 0.255 e. The number of ether oxygens (including phenoxy) is 3. The van der Waals surface area contributed by atoms with Gasteiger partial charge >= 0.3 is 0 Å². The van der Waals surface area contributed by atoms with Crippen molar-refractivity contribution >= 4 is 5.91 Å². The van der Waals surface area contributed by atoms with Crippen LogP contribution in [-0.2, 0) is 6.54 Å². The Morgan fingerprint density at radius 2 is 1.75 bits per heavy atom. The number of pyridine rings is 1. The van der Waals surface area contributed by atoms with Crippen molar-refractivity contribution in [3.05, 3.63) is 47.8 Å². The van der Waals surface area contributed by atoms with Crippen molar-refractivity contribution in [3.8, 4) is 17.2 Å². The summed E-state index contributed by atoms with van der Waals surface area (Å²) in [6.45, 7) is 2.68. The van der Waals surface area contributed by atoms with E-state index in [1.807, 2.05) is 24.4 Å². The van der Waals surface area contributed by atoms with E-state index in [0.717, 1.165) is 38.2 Å². The topological polar surface area (TPSA) is 72.9 Å². The monoisotopic (exact) mass is 385 g/mol. The van der Waals surface area contributed by atoms with E-state index < -0.39 is 0 Å². The number of carbonyl (C=O) groups is 1. The van der Waals surface area contributed by atoms with E-state index in [9.17, 15) is 4.79 Å². The molecule has 1 aliphatic heterocycles. The van der Waals surface area contributed by atoms with Crippen molar-refractivity contribution in [2.75, 3.05) is 34.4 Å². The first-order chi connectivity index (χ1) is 13.6. The molecule has 0 aliphatic carbocycles. The lowest BCUT2D eigenvalue weighted by molar-refractivity contribution is 0.0905. The fourth-order valence-electron chi connectivity index (χ4n) is 3.43. The third-order valence-corrected chi connectivity index (χ3v) is 4.98. The number of aromatic nitrogens is 1. The highest BCUT2D eigenvalue weighted by molar-refractivity contribution is 5.98. The van der Waals surface area contributed by atoms with Crippen LogP contribution in [-0.4, -0.2) is 56.3 Å². The Morgan fingerprint density at radius 3 is 2.36 bits per heavy atom. The molecular weight excluding hydrogens is 358 g/mol. The fourth-order valence-corrected chi connectivity index (χ4v) is 3.43. The lowest BCUT2D eigenvalue weighted by Gasteiger charge is -2.32. The Labute approximate surface area is 165 Å². The summed E-state index contributed by atoms with van der Waals surface area (Å²) >= 11 is 0. The summed E-state index contributed by atoms with van der Waals surface area (Å²) < 4.78 is 16.0. The molecule has 150 valence electrons. The van der Waals surface area contributed by atoms with Crippen LogP contribution in [0.4, 0.5) is 0 Å². The third-order valence-electron chi connectivity index (χ3n) is 4.98. The number of piperidine rings is 1. The Kier molecular flexibility index (Phi) is 6.71. The van der Waals surface area contributed by atoms with Crippen molar-refractivity contribution < 1.29 is 19.0 Å². The second-order valence-corrected chi connectivity index (χ2v) is 6.75. The van der Waals surface area contributed by atoms with E-state index in [4.69, 9.17) is 14.2 Å². The highest BCUT2D eigenvalue weighted by Crippen LogP contribution is 2.34. The molecule has 0 atom stereocenters. The second-order valence-electron chi connectivity index (χ2n) is 6.75. The first kappa shape index (κ1) is 19.9. The number of hydrogen-bond donors (Lipinski definition) is 1. The van der Waals surface area contributed by atoms with Gasteiger partial charge in [-0.25, -0.2) is 0 Å². The molecule has 1 saturated heterocycles. The summed E-state index contributed by atoms with van der Waals surface area (Å²) in [6, 6.07) is 9.42. The van der Waals surface area contributed by atoms with Crippen LogP contribution in [0.15, 0.2) is 36.5 Å². The summed E-state index contributed by atoms with van der Waals surface area (Å²) in [5.74, 6) is 1.32. The lowest BCUT2D eigenvalue weighted by atomic mass is 10.0. The largest absolute Gasteiger partial charge is 0.496 e. The van der Waals surface area contributed by atoms with Gasteiger partial charge in [-0.1, -0.05) is 6.07 Å². The van der Waals surface area contributed by atoms with Crippen LogP contribution in [0.25, 0.3) is 0 Å². The molecule has 1 aliphatic rings. The van der Waals surface area contributed by atoms with Crippen LogP contribution < -0.4 is 19.5 Å². The average Bonchev–Trinajstić information content (AvgIpc) is 2.74. The molecular formula is C21H27N3O4. The highest BCUT2D eigenvalue weighted by Gasteiger charge is 2.24. The number of carbonyl (C=O) groups excluding carboxylic acids is 1. The van der Waals surface area contributed by atoms with Crippen LogP contribution in [0.1, 0.15) is 28.9 Å². The smallest absolute Gasteiger partial charge is 0.255 e. The number of amides is 1. The number of benzene rings is 1. The van der Waals surface area contributed by atoms with E-state index in [0.29, 0.717) is 22.8 Å². The molecule has 0 unspecified atom stereocenters. The van der Waals surface area contributed by atoms with Crippen molar-refractivity contribution in [1.82, 2.24) is 15.2 Å². The molecule has 28 heavy (non-hydrogen) atoms. The zero-order valence-electron chi connectivity index (χ0n) is 16.6. The van der Waals surface area contributed by atoms with Crippen LogP contribution in [0.2, 0.25) is 0 Å². The molecule has 0 bridgehead atoms. The molecule has 2 heterocycles. The molecule has 1 fully saturated rings. The lowest BCUT2D eigenvalue weighted by Crippen LogP contribution is -2.44. The van der Waals surface area contributed by atoms with Gasteiger partial charge in [-0.2, -0.15) is 0 Å². The van der Waals surface area contributed by atoms with Gasteiger partial charge in [-0.05, 0) is 25.0 Å². The Hall–Kier alpha value is -2.80. The maximum atomic E-state index is 12.8. The van der Waals surface area contributed by atoms with Gasteiger partial charge in [0.05, 0.1) is 32.6 Å². The molecule has 0 saturated carbocycles. The van der Waals surface area contributed by atoms with Gasteiger partial charge in [-0.15, -0.1) is 0 Å². The van der Waals surface area contributed by atoms with Crippen LogP contribution in [0, 0.1) is 0 Å². The van der Waals surface area contributed by atoms with Gasteiger partial charge in [-0.3, -0.25) is 14.7 Å². The second kappa shape index (κ2) is 9.41. The summed E-state index contributed by atoms with van der Waals surface area (Å²) in [5, 5.41) is 3.13. The van der Waals surface area contributed by atoms with Gasteiger partial charge in [0.2, 0.25) is 0 Å². The van der Waals surface area contributed by atoms with E-state index >= 15 is 0 Å². The normalized spacial score (nSPS) is 15.1. The number of nitrogens with one attached hydrogen (secondary N) is 1. The third kappa shape index (κ3) is 4.72. The SMILES string of the molecule is COc1cc(OC)c(C(=O)NC2CCN(Cc3ccccn3)CC2)cc1OC. The maximum absolute atomic E-state index is 12.8. The molecule has 1 aromatic heterocycles. The molecule has 1 aromatic carbocycles.